The molecule has 0 aromatic heterocycles. The van der Waals surface area contributed by atoms with Crippen LogP contribution in [0.15, 0.2) is 24.3 Å². The van der Waals surface area contributed by atoms with E-state index >= 15 is 0 Å². The minimum atomic E-state index is -4.51. The zero-order valence-corrected chi connectivity index (χ0v) is 10.4. The van der Waals surface area contributed by atoms with Gasteiger partial charge in [-0.1, -0.05) is 18.2 Å². The van der Waals surface area contributed by atoms with Crippen LogP contribution >= 0.6 is 0 Å². The molecule has 0 N–H and O–H groups in total. The summed E-state index contributed by atoms with van der Waals surface area (Å²) in [5.41, 5.74) is 1.58. The summed E-state index contributed by atoms with van der Waals surface area (Å²) in [5.74, 6) is 0. The fourth-order valence-electron chi connectivity index (χ4n) is 2.18. The lowest BCUT2D eigenvalue weighted by Crippen LogP contribution is -2.43. The van der Waals surface area contributed by atoms with Crippen molar-refractivity contribution in [3.05, 3.63) is 29.8 Å². The number of alkyl halides is 3. The molecule has 0 saturated carbocycles. The maximum absolute atomic E-state index is 12.1. The molecule has 1 atom stereocenters. The molecule has 1 aliphatic rings. The summed E-state index contributed by atoms with van der Waals surface area (Å²) in [4.78, 5) is 13.1. The summed E-state index contributed by atoms with van der Waals surface area (Å²) >= 11 is 0. The highest BCUT2D eigenvalue weighted by atomic mass is 19.4. The molecule has 19 heavy (non-hydrogen) atoms. The van der Waals surface area contributed by atoms with Gasteiger partial charge in [0.2, 0.25) is 0 Å². The van der Waals surface area contributed by atoms with Crippen molar-refractivity contribution in [1.82, 2.24) is 0 Å². The average molecular weight is 273 g/mol. The number of para-hydroxylation sites is 1. The first-order valence-electron chi connectivity index (χ1n) is 5.99. The number of carbonyl (C=O) groups is 1. The van der Waals surface area contributed by atoms with Gasteiger partial charge < -0.3 is 4.74 Å². The number of hydrogen-bond acceptors (Lipinski definition) is 2. The Balaban J connectivity index is 2.17. The fraction of sp³-hybridized carbons (Fsp3) is 0.462. The molecular weight excluding hydrogens is 259 g/mol. The molecule has 0 unspecified atom stereocenters. The van der Waals surface area contributed by atoms with Crippen molar-refractivity contribution in [2.45, 2.75) is 32.0 Å². The SMILES string of the molecule is C[C@@H]1CCc2ccccc2N1C(=O)OCC(F)(F)F. The average Bonchev–Trinajstić information content (AvgIpc) is 2.35. The van der Waals surface area contributed by atoms with Crippen LogP contribution in [-0.2, 0) is 11.2 Å². The summed E-state index contributed by atoms with van der Waals surface area (Å²) < 4.78 is 40.6. The van der Waals surface area contributed by atoms with Crippen LogP contribution in [-0.4, -0.2) is 24.9 Å². The van der Waals surface area contributed by atoms with Crippen molar-refractivity contribution < 1.29 is 22.7 Å². The quantitative estimate of drug-likeness (QED) is 0.783. The number of aryl methyl sites for hydroxylation is 1. The second-order valence-electron chi connectivity index (χ2n) is 4.56. The van der Waals surface area contributed by atoms with Gasteiger partial charge in [-0.2, -0.15) is 13.2 Å². The highest BCUT2D eigenvalue weighted by molar-refractivity contribution is 5.89. The van der Waals surface area contributed by atoms with E-state index in [-0.39, 0.29) is 6.04 Å². The number of rotatable bonds is 1. The largest absolute Gasteiger partial charge is 0.439 e. The van der Waals surface area contributed by atoms with Crippen molar-refractivity contribution in [3.8, 4) is 0 Å². The molecule has 0 radical (unpaired) electrons. The molecule has 0 saturated heterocycles. The van der Waals surface area contributed by atoms with Crippen molar-refractivity contribution in [2.24, 2.45) is 0 Å². The first kappa shape index (κ1) is 13.7. The van der Waals surface area contributed by atoms with Crippen LogP contribution in [0.25, 0.3) is 0 Å². The van der Waals surface area contributed by atoms with Gasteiger partial charge in [0.1, 0.15) is 0 Å². The third-order valence-electron chi connectivity index (χ3n) is 3.08. The van der Waals surface area contributed by atoms with Gasteiger partial charge in [-0.05, 0) is 31.4 Å². The zero-order chi connectivity index (χ0) is 14.0. The van der Waals surface area contributed by atoms with Crippen LogP contribution in [0.4, 0.5) is 23.7 Å². The number of anilines is 1. The Morgan fingerprint density at radius 3 is 2.79 bits per heavy atom. The van der Waals surface area contributed by atoms with Gasteiger partial charge >= 0.3 is 12.3 Å². The maximum atomic E-state index is 12.1. The fourth-order valence-corrected chi connectivity index (χ4v) is 2.18. The maximum Gasteiger partial charge on any atom is 0.422 e. The van der Waals surface area contributed by atoms with Crippen LogP contribution in [0.1, 0.15) is 18.9 Å². The Hall–Kier alpha value is -1.72. The van der Waals surface area contributed by atoms with E-state index in [1.165, 1.54) is 4.90 Å². The Morgan fingerprint density at radius 1 is 1.42 bits per heavy atom. The summed E-state index contributed by atoms with van der Waals surface area (Å²) in [6.45, 7) is 0.238. The predicted octanol–water partition coefficient (Wildman–Crippen LogP) is 3.53. The molecule has 0 bridgehead atoms. The number of benzene rings is 1. The highest BCUT2D eigenvalue weighted by Crippen LogP contribution is 2.31. The molecular formula is C13H14F3NO2. The third-order valence-corrected chi connectivity index (χ3v) is 3.08. The number of nitrogens with zero attached hydrogens (tertiary/aromatic N) is 1. The Morgan fingerprint density at radius 2 is 2.11 bits per heavy atom. The molecule has 0 fully saturated rings. The minimum absolute atomic E-state index is 0.171. The number of fused-ring (bicyclic) bond motifs is 1. The van der Waals surface area contributed by atoms with Crippen LogP contribution in [0, 0.1) is 0 Å². The molecule has 6 heteroatoms. The van der Waals surface area contributed by atoms with E-state index in [1.807, 2.05) is 12.1 Å². The standard InChI is InChI=1S/C13H14F3NO2/c1-9-6-7-10-4-2-3-5-11(10)17(9)12(18)19-8-13(14,15)16/h2-5,9H,6-8H2,1H3/t9-/m1/s1. The smallest absolute Gasteiger partial charge is 0.422 e. The van der Waals surface area contributed by atoms with Crippen molar-refractivity contribution in [3.63, 3.8) is 0 Å². The number of halogens is 3. The molecule has 0 spiro atoms. The first-order chi connectivity index (χ1) is 8.88. The van der Waals surface area contributed by atoms with Gasteiger partial charge in [0.05, 0.1) is 5.69 Å². The molecule has 1 heterocycles. The molecule has 1 amide bonds. The normalized spacial score (nSPS) is 18.9. The van der Waals surface area contributed by atoms with E-state index in [2.05, 4.69) is 4.74 Å². The lowest BCUT2D eigenvalue weighted by molar-refractivity contribution is -0.159. The van der Waals surface area contributed by atoms with E-state index < -0.39 is 18.9 Å². The van der Waals surface area contributed by atoms with Crippen LogP contribution in [0.5, 0.6) is 0 Å². The van der Waals surface area contributed by atoms with E-state index in [4.69, 9.17) is 0 Å². The molecule has 1 aliphatic heterocycles. The number of hydrogen-bond donors (Lipinski definition) is 0. The predicted molar refractivity (Wildman–Crippen MR) is 64.1 cm³/mol. The van der Waals surface area contributed by atoms with Crippen molar-refractivity contribution in [1.29, 1.82) is 0 Å². The Kier molecular flexibility index (Phi) is 3.68. The van der Waals surface area contributed by atoms with Gasteiger partial charge in [0, 0.05) is 6.04 Å². The molecule has 1 aromatic carbocycles. The van der Waals surface area contributed by atoms with E-state index in [1.54, 1.807) is 19.1 Å². The molecule has 2 rings (SSSR count). The van der Waals surface area contributed by atoms with Crippen molar-refractivity contribution >= 4 is 11.8 Å². The Bertz CT molecular complexity index is 473. The van der Waals surface area contributed by atoms with Crippen LogP contribution in [0.2, 0.25) is 0 Å². The summed E-state index contributed by atoms with van der Waals surface area (Å²) in [6.07, 6.45) is -3.94. The molecule has 0 aliphatic carbocycles. The summed E-state index contributed by atoms with van der Waals surface area (Å²) in [5, 5.41) is 0. The van der Waals surface area contributed by atoms with E-state index in [9.17, 15) is 18.0 Å². The summed E-state index contributed by atoms with van der Waals surface area (Å²) in [6, 6.07) is 7.01. The van der Waals surface area contributed by atoms with Crippen LogP contribution in [0.3, 0.4) is 0 Å². The Labute approximate surface area is 109 Å². The topological polar surface area (TPSA) is 29.5 Å². The monoisotopic (exact) mass is 273 g/mol. The molecule has 3 nitrogen and oxygen atoms in total. The summed E-state index contributed by atoms with van der Waals surface area (Å²) in [7, 11) is 0. The third kappa shape index (κ3) is 3.19. The van der Waals surface area contributed by atoms with Gasteiger partial charge in [-0.3, -0.25) is 4.90 Å². The molecule has 104 valence electrons. The van der Waals surface area contributed by atoms with E-state index in [0.29, 0.717) is 12.1 Å². The number of ether oxygens (including phenoxy) is 1. The minimum Gasteiger partial charge on any atom is -0.439 e. The van der Waals surface area contributed by atoms with Gasteiger partial charge in [-0.25, -0.2) is 4.79 Å². The second-order valence-corrected chi connectivity index (χ2v) is 4.56. The van der Waals surface area contributed by atoms with Crippen molar-refractivity contribution in [2.75, 3.05) is 11.5 Å². The zero-order valence-electron chi connectivity index (χ0n) is 10.4. The van der Waals surface area contributed by atoms with Gasteiger partial charge in [0.15, 0.2) is 6.61 Å². The van der Waals surface area contributed by atoms with Gasteiger partial charge in [0.25, 0.3) is 0 Å². The van der Waals surface area contributed by atoms with E-state index in [0.717, 1.165) is 12.0 Å². The number of carbonyl (C=O) groups excluding carboxylic acids is 1. The lowest BCUT2D eigenvalue weighted by Gasteiger charge is -2.34. The highest BCUT2D eigenvalue weighted by Gasteiger charge is 2.34. The van der Waals surface area contributed by atoms with Gasteiger partial charge in [-0.15, -0.1) is 0 Å². The first-order valence-corrected chi connectivity index (χ1v) is 5.99. The van der Waals surface area contributed by atoms with Crippen LogP contribution < -0.4 is 4.90 Å². The lowest BCUT2D eigenvalue weighted by atomic mass is 9.97. The second kappa shape index (κ2) is 5.11. The number of amides is 1. The molecule has 1 aromatic rings.